The Bertz CT molecular complexity index is 156. The first-order chi connectivity index (χ1) is 5.13. The van der Waals surface area contributed by atoms with Crippen molar-refractivity contribution >= 4 is 11.9 Å². The first-order valence-electron chi connectivity index (χ1n) is 3.50. The van der Waals surface area contributed by atoms with Crippen LogP contribution in [-0.4, -0.2) is 19.0 Å². The highest BCUT2D eigenvalue weighted by atomic mass is 16.5. The van der Waals surface area contributed by atoms with Gasteiger partial charge in [0.05, 0.1) is 7.11 Å². The molecule has 64 valence electrons. The SMILES string of the molecule is CCCC(C(N)=O)C(=O)OC. The largest absolute Gasteiger partial charge is 0.468 e. The lowest BCUT2D eigenvalue weighted by atomic mass is 10.0. The van der Waals surface area contributed by atoms with Crippen LogP contribution < -0.4 is 5.73 Å². The number of amides is 1. The van der Waals surface area contributed by atoms with Crippen LogP contribution in [0.4, 0.5) is 0 Å². The molecule has 0 aromatic carbocycles. The average Bonchev–Trinajstić information content (AvgIpc) is 1.98. The summed E-state index contributed by atoms with van der Waals surface area (Å²) in [4.78, 5) is 21.4. The summed E-state index contributed by atoms with van der Waals surface area (Å²) < 4.78 is 4.39. The van der Waals surface area contributed by atoms with Crippen molar-refractivity contribution in [3.05, 3.63) is 0 Å². The maximum Gasteiger partial charge on any atom is 0.318 e. The zero-order valence-electron chi connectivity index (χ0n) is 6.79. The van der Waals surface area contributed by atoms with Gasteiger partial charge in [0.15, 0.2) is 0 Å². The molecule has 4 nitrogen and oxygen atoms in total. The topological polar surface area (TPSA) is 69.4 Å². The highest BCUT2D eigenvalue weighted by molar-refractivity contribution is 5.96. The Morgan fingerprint density at radius 2 is 2.09 bits per heavy atom. The zero-order chi connectivity index (χ0) is 8.85. The highest BCUT2D eigenvalue weighted by Gasteiger charge is 2.23. The van der Waals surface area contributed by atoms with Crippen LogP contribution in [0.1, 0.15) is 19.8 Å². The van der Waals surface area contributed by atoms with E-state index >= 15 is 0 Å². The Kier molecular flexibility index (Phi) is 4.26. The van der Waals surface area contributed by atoms with Gasteiger partial charge in [0.2, 0.25) is 5.91 Å². The Morgan fingerprint density at radius 3 is 2.36 bits per heavy atom. The summed E-state index contributed by atoms with van der Waals surface area (Å²) in [6, 6.07) is 0. The van der Waals surface area contributed by atoms with E-state index in [1.165, 1.54) is 7.11 Å². The molecule has 11 heavy (non-hydrogen) atoms. The first-order valence-corrected chi connectivity index (χ1v) is 3.50. The molecule has 0 aliphatic carbocycles. The molecule has 0 bridgehead atoms. The molecular formula is C7H13NO3. The second-order valence-corrected chi connectivity index (χ2v) is 2.27. The van der Waals surface area contributed by atoms with Gasteiger partial charge in [-0.15, -0.1) is 0 Å². The standard InChI is InChI=1S/C7H13NO3/c1-3-4-5(6(8)9)7(10)11-2/h5H,3-4H2,1-2H3,(H2,8,9). The van der Waals surface area contributed by atoms with E-state index in [-0.39, 0.29) is 0 Å². The molecule has 0 saturated carbocycles. The van der Waals surface area contributed by atoms with Gasteiger partial charge in [0.1, 0.15) is 5.92 Å². The zero-order valence-corrected chi connectivity index (χ0v) is 6.79. The van der Waals surface area contributed by atoms with Crippen LogP contribution in [-0.2, 0) is 14.3 Å². The highest BCUT2D eigenvalue weighted by Crippen LogP contribution is 2.06. The lowest BCUT2D eigenvalue weighted by Gasteiger charge is -2.08. The molecule has 1 unspecified atom stereocenters. The molecule has 0 fully saturated rings. The van der Waals surface area contributed by atoms with Crippen LogP contribution in [0, 0.1) is 5.92 Å². The molecule has 1 amide bonds. The normalized spacial score (nSPS) is 12.2. The first kappa shape index (κ1) is 9.94. The second kappa shape index (κ2) is 4.71. The molecule has 4 heteroatoms. The van der Waals surface area contributed by atoms with Crippen molar-refractivity contribution in [2.24, 2.45) is 11.7 Å². The number of hydrogen-bond acceptors (Lipinski definition) is 3. The van der Waals surface area contributed by atoms with Crippen LogP contribution in [0.15, 0.2) is 0 Å². The van der Waals surface area contributed by atoms with Gasteiger partial charge in [-0.25, -0.2) is 0 Å². The summed E-state index contributed by atoms with van der Waals surface area (Å²) in [7, 11) is 1.24. The fourth-order valence-electron chi connectivity index (χ4n) is 0.807. The van der Waals surface area contributed by atoms with E-state index in [9.17, 15) is 9.59 Å². The van der Waals surface area contributed by atoms with Gasteiger partial charge in [-0.05, 0) is 6.42 Å². The van der Waals surface area contributed by atoms with Gasteiger partial charge >= 0.3 is 5.97 Å². The molecule has 0 saturated heterocycles. The number of nitrogens with two attached hydrogens (primary N) is 1. The molecule has 0 aliphatic heterocycles. The summed E-state index contributed by atoms with van der Waals surface area (Å²) in [6.07, 6.45) is 1.20. The molecule has 0 rings (SSSR count). The van der Waals surface area contributed by atoms with Gasteiger partial charge in [-0.3, -0.25) is 9.59 Å². The fourth-order valence-corrected chi connectivity index (χ4v) is 0.807. The van der Waals surface area contributed by atoms with Crippen LogP contribution in [0.2, 0.25) is 0 Å². The maximum absolute atomic E-state index is 10.8. The van der Waals surface area contributed by atoms with Crippen molar-refractivity contribution in [2.45, 2.75) is 19.8 Å². The third-order valence-electron chi connectivity index (χ3n) is 1.41. The number of carbonyl (C=O) groups excluding carboxylic acids is 2. The number of primary amides is 1. The second-order valence-electron chi connectivity index (χ2n) is 2.27. The van der Waals surface area contributed by atoms with Crippen molar-refractivity contribution < 1.29 is 14.3 Å². The minimum Gasteiger partial charge on any atom is -0.468 e. The van der Waals surface area contributed by atoms with E-state index < -0.39 is 17.8 Å². The molecule has 0 radical (unpaired) electrons. The summed E-state index contributed by atoms with van der Waals surface area (Å²) in [5.74, 6) is -1.93. The van der Waals surface area contributed by atoms with Crippen molar-refractivity contribution in [2.75, 3.05) is 7.11 Å². The van der Waals surface area contributed by atoms with Crippen LogP contribution in [0.5, 0.6) is 0 Å². The molecule has 0 spiro atoms. The van der Waals surface area contributed by atoms with E-state index in [4.69, 9.17) is 5.73 Å². The summed E-state index contributed by atoms with van der Waals surface area (Å²) >= 11 is 0. The molecule has 0 aliphatic rings. The van der Waals surface area contributed by atoms with Crippen LogP contribution >= 0.6 is 0 Å². The number of methoxy groups -OCH3 is 1. The molecule has 2 N–H and O–H groups in total. The van der Waals surface area contributed by atoms with Gasteiger partial charge in [-0.2, -0.15) is 0 Å². The van der Waals surface area contributed by atoms with Gasteiger partial charge < -0.3 is 10.5 Å². The lowest BCUT2D eigenvalue weighted by Crippen LogP contribution is -2.30. The number of rotatable bonds is 4. The molecular weight excluding hydrogens is 146 g/mol. The predicted octanol–water partition coefficient (Wildman–Crippen LogP) is 0.0610. The summed E-state index contributed by atoms with van der Waals surface area (Å²) in [6.45, 7) is 1.87. The number of hydrogen-bond donors (Lipinski definition) is 1. The van der Waals surface area contributed by atoms with Gasteiger partial charge in [0.25, 0.3) is 0 Å². The molecule has 0 aromatic heterocycles. The maximum atomic E-state index is 10.8. The number of esters is 1. The Balaban J connectivity index is 4.09. The van der Waals surface area contributed by atoms with E-state index in [2.05, 4.69) is 4.74 Å². The van der Waals surface area contributed by atoms with Crippen molar-refractivity contribution in [3.8, 4) is 0 Å². The minimum atomic E-state index is -0.773. The fraction of sp³-hybridized carbons (Fsp3) is 0.714. The Hall–Kier alpha value is -1.06. The van der Waals surface area contributed by atoms with Crippen molar-refractivity contribution in [3.63, 3.8) is 0 Å². The average molecular weight is 159 g/mol. The van der Waals surface area contributed by atoms with Crippen molar-refractivity contribution in [1.82, 2.24) is 0 Å². The van der Waals surface area contributed by atoms with Crippen LogP contribution in [0.3, 0.4) is 0 Å². The quantitative estimate of drug-likeness (QED) is 0.466. The van der Waals surface area contributed by atoms with E-state index in [0.29, 0.717) is 6.42 Å². The summed E-state index contributed by atoms with van der Waals surface area (Å²) in [5, 5.41) is 0. The molecule has 1 atom stereocenters. The van der Waals surface area contributed by atoms with E-state index in [1.807, 2.05) is 6.92 Å². The summed E-state index contributed by atoms with van der Waals surface area (Å²) in [5.41, 5.74) is 4.96. The van der Waals surface area contributed by atoms with Crippen molar-refractivity contribution in [1.29, 1.82) is 0 Å². The molecule has 0 aromatic rings. The monoisotopic (exact) mass is 159 g/mol. The Labute approximate surface area is 65.7 Å². The Morgan fingerprint density at radius 1 is 1.55 bits per heavy atom. The van der Waals surface area contributed by atoms with Gasteiger partial charge in [0, 0.05) is 0 Å². The van der Waals surface area contributed by atoms with E-state index in [1.54, 1.807) is 0 Å². The van der Waals surface area contributed by atoms with Gasteiger partial charge in [-0.1, -0.05) is 13.3 Å². The minimum absolute atomic E-state index is 0.460. The lowest BCUT2D eigenvalue weighted by molar-refractivity contribution is -0.149. The third-order valence-corrected chi connectivity index (χ3v) is 1.41. The smallest absolute Gasteiger partial charge is 0.318 e. The van der Waals surface area contributed by atoms with Crippen LogP contribution in [0.25, 0.3) is 0 Å². The number of carbonyl (C=O) groups is 2. The number of ether oxygens (including phenoxy) is 1. The third kappa shape index (κ3) is 3.02. The molecule has 0 heterocycles. The van der Waals surface area contributed by atoms with E-state index in [0.717, 1.165) is 6.42 Å². The predicted molar refractivity (Wildman–Crippen MR) is 39.6 cm³/mol.